The molecule has 4 rings (SSSR count). The summed E-state index contributed by atoms with van der Waals surface area (Å²) in [5, 5.41) is 2.85. The van der Waals surface area contributed by atoms with Gasteiger partial charge in [-0.1, -0.05) is 35.9 Å². The summed E-state index contributed by atoms with van der Waals surface area (Å²) in [5.74, 6) is 0.545. The summed E-state index contributed by atoms with van der Waals surface area (Å²) in [5.41, 5.74) is 3.68. The Morgan fingerprint density at radius 1 is 0.844 bits per heavy atom. The average molecular weight is 430 g/mol. The van der Waals surface area contributed by atoms with Crippen LogP contribution in [0.15, 0.2) is 78.9 Å². The number of benzene rings is 3. The lowest BCUT2D eigenvalue weighted by atomic mass is 10.1. The van der Waals surface area contributed by atoms with Crippen molar-refractivity contribution >= 4 is 23.2 Å². The molecule has 1 N–H and O–H groups in total. The van der Waals surface area contributed by atoms with Gasteiger partial charge in [-0.05, 0) is 55.5 Å². The number of piperazine rings is 1. The zero-order chi connectivity index (χ0) is 22.3. The molecule has 0 aliphatic carbocycles. The van der Waals surface area contributed by atoms with Crippen molar-refractivity contribution in [3.63, 3.8) is 0 Å². The van der Waals surface area contributed by atoms with Crippen molar-refractivity contribution < 1.29 is 14.3 Å². The standard InChI is InChI=1S/C26H27N3O3/c1-20-7-9-21(10-8-20)26(31)29-17-15-28(16-18-29)23-13-11-22(12-14-23)27-25(30)19-32-24-5-3-2-4-6-24/h2-14H,15-19H2,1H3,(H,27,30). The van der Waals surface area contributed by atoms with Crippen molar-refractivity contribution in [3.8, 4) is 5.75 Å². The Hall–Kier alpha value is -3.80. The van der Waals surface area contributed by atoms with Crippen LogP contribution in [-0.2, 0) is 4.79 Å². The summed E-state index contributed by atoms with van der Waals surface area (Å²) in [7, 11) is 0. The van der Waals surface area contributed by atoms with E-state index >= 15 is 0 Å². The van der Waals surface area contributed by atoms with E-state index in [9.17, 15) is 9.59 Å². The van der Waals surface area contributed by atoms with Gasteiger partial charge in [0, 0.05) is 43.1 Å². The minimum absolute atomic E-state index is 0.0390. The number of hydrogen-bond acceptors (Lipinski definition) is 4. The number of nitrogens with one attached hydrogen (secondary N) is 1. The zero-order valence-electron chi connectivity index (χ0n) is 18.2. The van der Waals surface area contributed by atoms with Crippen LogP contribution in [-0.4, -0.2) is 49.5 Å². The lowest BCUT2D eigenvalue weighted by Gasteiger charge is -2.36. The van der Waals surface area contributed by atoms with Gasteiger partial charge < -0.3 is 19.9 Å². The molecule has 0 atom stereocenters. The van der Waals surface area contributed by atoms with Gasteiger partial charge in [0.2, 0.25) is 0 Å². The Bertz CT molecular complexity index is 1040. The van der Waals surface area contributed by atoms with Crippen LogP contribution < -0.4 is 15.0 Å². The third kappa shape index (κ3) is 5.46. The van der Waals surface area contributed by atoms with E-state index in [0.29, 0.717) is 18.8 Å². The molecule has 164 valence electrons. The number of carbonyl (C=O) groups excluding carboxylic acids is 2. The lowest BCUT2D eigenvalue weighted by Crippen LogP contribution is -2.48. The zero-order valence-corrected chi connectivity index (χ0v) is 18.2. The van der Waals surface area contributed by atoms with Crippen molar-refractivity contribution in [1.29, 1.82) is 0 Å². The molecule has 1 saturated heterocycles. The number of amides is 2. The van der Waals surface area contributed by atoms with Crippen molar-refractivity contribution in [3.05, 3.63) is 90.0 Å². The summed E-state index contributed by atoms with van der Waals surface area (Å²) in [6, 6.07) is 24.7. The maximum Gasteiger partial charge on any atom is 0.262 e. The molecule has 2 amide bonds. The van der Waals surface area contributed by atoms with Crippen LogP contribution in [0, 0.1) is 6.92 Å². The predicted octanol–water partition coefficient (Wildman–Crippen LogP) is 3.97. The first-order chi connectivity index (χ1) is 15.6. The fourth-order valence-corrected chi connectivity index (χ4v) is 3.66. The highest BCUT2D eigenvalue weighted by molar-refractivity contribution is 5.94. The summed E-state index contributed by atoms with van der Waals surface area (Å²) < 4.78 is 5.47. The molecular formula is C26H27N3O3. The largest absolute Gasteiger partial charge is 0.484 e. The molecule has 6 nitrogen and oxygen atoms in total. The molecule has 32 heavy (non-hydrogen) atoms. The van der Waals surface area contributed by atoms with Gasteiger partial charge in [-0.3, -0.25) is 9.59 Å². The number of anilines is 2. The maximum absolute atomic E-state index is 12.7. The second-order valence-electron chi connectivity index (χ2n) is 7.84. The Morgan fingerprint density at radius 3 is 2.16 bits per heavy atom. The maximum atomic E-state index is 12.7. The quantitative estimate of drug-likeness (QED) is 0.644. The summed E-state index contributed by atoms with van der Waals surface area (Å²) >= 11 is 0. The van der Waals surface area contributed by atoms with E-state index in [1.807, 2.05) is 90.7 Å². The van der Waals surface area contributed by atoms with Crippen LogP contribution in [0.1, 0.15) is 15.9 Å². The van der Waals surface area contributed by atoms with E-state index < -0.39 is 0 Å². The second-order valence-corrected chi connectivity index (χ2v) is 7.84. The van der Waals surface area contributed by atoms with Gasteiger partial charge in [-0.25, -0.2) is 0 Å². The number of ether oxygens (including phenoxy) is 1. The second kappa shape index (κ2) is 10.0. The SMILES string of the molecule is Cc1ccc(C(=O)N2CCN(c3ccc(NC(=O)COc4ccccc4)cc3)CC2)cc1. The van der Waals surface area contributed by atoms with E-state index in [2.05, 4.69) is 10.2 Å². The first-order valence-electron chi connectivity index (χ1n) is 10.8. The molecule has 0 unspecified atom stereocenters. The summed E-state index contributed by atoms with van der Waals surface area (Å²) in [6.45, 7) is 4.89. The normalized spacial score (nSPS) is 13.5. The molecule has 0 spiro atoms. The van der Waals surface area contributed by atoms with Crippen LogP contribution in [0.4, 0.5) is 11.4 Å². The summed E-state index contributed by atoms with van der Waals surface area (Å²) in [4.78, 5) is 29.0. The average Bonchev–Trinajstić information content (AvgIpc) is 2.84. The minimum atomic E-state index is -0.204. The van der Waals surface area contributed by atoms with Gasteiger partial charge in [0.15, 0.2) is 6.61 Å². The number of rotatable bonds is 6. The molecular weight excluding hydrogens is 402 g/mol. The highest BCUT2D eigenvalue weighted by Gasteiger charge is 2.22. The van der Waals surface area contributed by atoms with Crippen LogP contribution in [0.3, 0.4) is 0 Å². The highest BCUT2D eigenvalue weighted by Crippen LogP contribution is 2.20. The van der Waals surface area contributed by atoms with Crippen molar-refractivity contribution in [1.82, 2.24) is 4.90 Å². The Morgan fingerprint density at radius 2 is 1.50 bits per heavy atom. The first-order valence-corrected chi connectivity index (χ1v) is 10.8. The fourth-order valence-electron chi connectivity index (χ4n) is 3.66. The van der Waals surface area contributed by atoms with Gasteiger partial charge in [-0.15, -0.1) is 0 Å². The van der Waals surface area contributed by atoms with E-state index in [0.717, 1.165) is 35.6 Å². The van der Waals surface area contributed by atoms with E-state index in [4.69, 9.17) is 4.74 Å². The third-order valence-corrected chi connectivity index (χ3v) is 5.49. The monoisotopic (exact) mass is 429 g/mol. The molecule has 1 aliphatic rings. The number of para-hydroxylation sites is 1. The van der Waals surface area contributed by atoms with E-state index in [1.54, 1.807) is 0 Å². The van der Waals surface area contributed by atoms with E-state index in [-0.39, 0.29) is 18.4 Å². The molecule has 6 heteroatoms. The van der Waals surface area contributed by atoms with Gasteiger partial charge in [-0.2, -0.15) is 0 Å². The first kappa shape index (κ1) is 21.4. The smallest absolute Gasteiger partial charge is 0.262 e. The molecule has 0 saturated carbocycles. The Labute approximate surface area is 188 Å². The molecule has 3 aromatic rings. The summed E-state index contributed by atoms with van der Waals surface area (Å²) in [6.07, 6.45) is 0. The van der Waals surface area contributed by atoms with Gasteiger partial charge in [0.25, 0.3) is 11.8 Å². The fraction of sp³-hybridized carbons (Fsp3) is 0.231. The van der Waals surface area contributed by atoms with Gasteiger partial charge in [0.1, 0.15) is 5.75 Å². The minimum Gasteiger partial charge on any atom is -0.484 e. The molecule has 1 heterocycles. The van der Waals surface area contributed by atoms with Crippen molar-refractivity contribution in [2.45, 2.75) is 6.92 Å². The molecule has 1 aliphatic heterocycles. The number of carbonyl (C=O) groups is 2. The molecule has 0 bridgehead atoms. The third-order valence-electron chi connectivity index (χ3n) is 5.49. The number of nitrogens with zero attached hydrogens (tertiary/aromatic N) is 2. The van der Waals surface area contributed by atoms with Crippen LogP contribution in [0.5, 0.6) is 5.75 Å². The molecule has 3 aromatic carbocycles. The molecule has 0 radical (unpaired) electrons. The molecule has 1 fully saturated rings. The van der Waals surface area contributed by atoms with Gasteiger partial charge in [0.05, 0.1) is 0 Å². The van der Waals surface area contributed by atoms with Crippen molar-refractivity contribution in [2.75, 3.05) is 43.0 Å². The van der Waals surface area contributed by atoms with Crippen molar-refractivity contribution in [2.24, 2.45) is 0 Å². The number of aryl methyl sites for hydroxylation is 1. The predicted molar refractivity (Wildman–Crippen MR) is 126 cm³/mol. The Balaban J connectivity index is 1.26. The van der Waals surface area contributed by atoms with Gasteiger partial charge >= 0.3 is 0 Å². The van der Waals surface area contributed by atoms with E-state index in [1.165, 1.54) is 0 Å². The highest BCUT2D eigenvalue weighted by atomic mass is 16.5. The van der Waals surface area contributed by atoms with Crippen LogP contribution in [0.25, 0.3) is 0 Å². The lowest BCUT2D eigenvalue weighted by molar-refractivity contribution is -0.118. The number of hydrogen-bond donors (Lipinski definition) is 1. The Kier molecular flexibility index (Phi) is 6.70. The van der Waals surface area contributed by atoms with Crippen LogP contribution >= 0.6 is 0 Å². The molecule has 0 aromatic heterocycles. The topological polar surface area (TPSA) is 61.9 Å². The van der Waals surface area contributed by atoms with Crippen LogP contribution in [0.2, 0.25) is 0 Å².